The Morgan fingerprint density at radius 1 is 0.613 bits per heavy atom. The molecule has 0 bridgehead atoms. The van der Waals surface area contributed by atoms with E-state index in [9.17, 15) is 0 Å². The molecule has 0 N–H and O–H groups in total. The zero-order chi connectivity index (χ0) is 21.3. The van der Waals surface area contributed by atoms with Gasteiger partial charge in [-0.2, -0.15) is 0 Å². The van der Waals surface area contributed by atoms with Gasteiger partial charge in [0, 0.05) is 5.92 Å². The first-order valence-electron chi connectivity index (χ1n) is 11.2. The summed E-state index contributed by atoms with van der Waals surface area (Å²) in [5.41, 5.74) is 3.58. The van der Waals surface area contributed by atoms with E-state index < -0.39 is 0 Å². The third-order valence-corrected chi connectivity index (χ3v) is 6.04. The maximum atomic E-state index is 6.47. The second kappa shape index (κ2) is 11.2. The van der Waals surface area contributed by atoms with Gasteiger partial charge in [-0.25, -0.2) is 0 Å². The first-order valence-corrected chi connectivity index (χ1v) is 11.2. The highest BCUT2D eigenvalue weighted by Crippen LogP contribution is 2.37. The standard InChI is InChI=1S/C28H32O3/c1-22-17-26(21-29-18-23-11-5-2-6-12-23)28(31-20-25-15-9-4-10-16-25)27(22)30-19-24-13-7-3-8-14-24/h2-16,22,26-28H,17-21H2,1H3/t22-,26-,27?,28+/m1/s1. The Morgan fingerprint density at radius 2 is 1.06 bits per heavy atom. The largest absolute Gasteiger partial charge is 0.376 e. The third-order valence-electron chi connectivity index (χ3n) is 6.04. The van der Waals surface area contributed by atoms with Crippen molar-refractivity contribution in [1.29, 1.82) is 0 Å². The van der Waals surface area contributed by atoms with Gasteiger partial charge in [0.15, 0.2) is 0 Å². The number of hydrogen-bond acceptors (Lipinski definition) is 3. The van der Waals surface area contributed by atoms with Gasteiger partial charge in [-0.3, -0.25) is 0 Å². The van der Waals surface area contributed by atoms with Gasteiger partial charge in [0.05, 0.1) is 38.6 Å². The van der Waals surface area contributed by atoms with Gasteiger partial charge < -0.3 is 14.2 Å². The van der Waals surface area contributed by atoms with E-state index in [0.717, 1.165) is 6.42 Å². The van der Waals surface area contributed by atoms with Crippen LogP contribution in [0.5, 0.6) is 0 Å². The molecule has 3 aromatic carbocycles. The van der Waals surface area contributed by atoms with Crippen LogP contribution in [0.3, 0.4) is 0 Å². The molecule has 0 spiro atoms. The van der Waals surface area contributed by atoms with Crippen LogP contribution in [0.4, 0.5) is 0 Å². The summed E-state index contributed by atoms with van der Waals surface area (Å²) in [6.07, 6.45) is 1.14. The third kappa shape index (κ3) is 6.27. The minimum Gasteiger partial charge on any atom is -0.376 e. The van der Waals surface area contributed by atoms with Crippen LogP contribution in [0, 0.1) is 11.8 Å². The molecule has 4 rings (SSSR count). The molecular formula is C28H32O3. The van der Waals surface area contributed by atoms with Crippen molar-refractivity contribution < 1.29 is 14.2 Å². The van der Waals surface area contributed by atoms with Crippen LogP contribution >= 0.6 is 0 Å². The summed E-state index contributed by atoms with van der Waals surface area (Å²) >= 11 is 0. The van der Waals surface area contributed by atoms with Crippen molar-refractivity contribution >= 4 is 0 Å². The number of benzene rings is 3. The normalized spacial score (nSPS) is 23.1. The van der Waals surface area contributed by atoms with Crippen molar-refractivity contribution in [2.75, 3.05) is 6.61 Å². The van der Waals surface area contributed by atoms with E-state index in [-0.39, 0.29) is 12.2 Å². The highest BCUT2D eigenvalue weighted by atomic mass is 16.5. The smallest absolute Gasteiger partial charge is 0.0894 e. The van der Waals surface area contributed by atoms with Crippen molar-refractivity contribution in [1.82, 2.24) is 0 Å². The molecule has 0 amide bonds. The van der Waals surface area contributed by atoms with Crippen molar-refractivity contribution in [3.8, 4) is 0 Å². The van der Waals surface area contributed by atoms with Gasteiger partial charge in [0.1, 0.15) is 0 Å². The predicted octanol–water partition coefficient (Wildman–Crippen LogP) is 6.03. The van der Waals surface area contributed by atoms with Crippen LogP contribution in [-0.4, -0.2) is 18.8 Å². The second-order valence-electron chi connectivity index (χ2n) is 8.50. The SMILES string of the molecule is C[C@@H]1C[C@H](COCc2ccccc2)[C@H](OCc2ccccc2)C1OCc1ccccc1. The lowest BCUT2D eigenvalue weighted by atomic mass is 10.1. The monoisotopic (exact) mass is 416 g/mol. The Kier molecular flexibility index (Phi) is 7.89. The molecule has 1 fully saturated rings. The zero-order valence-corrected chi connectivity index (χ0v) is 18.2. The second-order valence-corrected chi connectivity index (χ2v) is 8.50. The van der Waals surface area contributed by atoms with Crippen LogP contribution in [0.15, 0.2) is 91.0 Å². The topological polar surface area (TPSA) is 27.7 Å². The molecule has 0 aliphatic heterocycles. The van der Waals surface area contributed by atoms with E-state index in [1.54, 1.807) is 0 Å². The molecule has 0 heterocycles. The van der Waals surface area contributed by atoms with E-state index in [2.05, 4.69) is 79.7 Å². The van der Waals surface area contributed by atoms with Crippen molar-refractivity contribution in [2.24, 2.45) is 11.8 Å². The molecule has 1 aliphatic carbocycles. The molecule has 3 aromatic rings. The average Bonchev–Trinajstić information content (AvgIpc) is 3.12. The average molecular weight is 417 g/mol. The molecule has 3 heteroatoms. The fourth-order valence-corrected chi connectivity index (χ4v) is 4.43. The van der Waals surface area contributed by atoms with Gasteiger partial charge in [-0.05, 0) is 29.0 Å². The first kappa shape index (κ1) is 21.8. The highest BCUT2D eigenvalue weighted by Gasteiger charge is 2.42. The number of hydrogen-bond donors (Lipinski definition) is 0. The van der Waals surface area contributed by atoms with Gasteiger partial charge >= 0.3 is 0 Å². The lowest BCUT2D eigenvalue weighted by Gasteiger charge is -2.27. The van der Waals surface area contributed by atoms with Crippen LogP contribution in [0.25, 0.3) is 0 Å². The quantitative estimate of drug-likeness (QED) is 0.404. The Bertz CT molecular complexity index is 882. The van der Waals surface area contributed by atoms with Gasteiger partial charge in [0.2, 0.25) is 0 Å². The minimum absolute atomic E-state index is 0.0229. The molecular weight excluding hydrogens is 384 g/mol. The summed E-state index contributed by atoms with van der Waals surface area (Å²) in [5, 5.41) is 0. The Balaban J connectivity index is 1.39. The Morgan fingerprint density at radius 3 is 1.58 bits per heavy atom. The molecule has 0 saturated heterocycles. The highest BCUT2D eigenvalue weighted by molar-refractivity contribution is 5.15. The van der Waals surface area contributed by atoms with Gasteiger partial charge in [0.25, 0.3) is 0 Å². The zero-order valence-electron chi connectivity index (χ0n) is 18.2. The van der Waals surface area contributed by atoms with Crippen molar-refractivity contribution in [3.63, 3.8) is 0 Å². The molecule has 1 aliphatic rings. The van der Waals surface area contributed by atoms with E-state index in [4.69, 9.17) is 14.2 Å². The van der Waals surface area contributed by atoms with E-state index in [1.807, 2.05) is 18.2 Å². The summed E-state index contributed by atoms with van der Waals surface area (Å²) in [6.45, 7) is 4.79. The van der Waals surface area contributed by atoms with E-state index >= 15 is 0 Å². The maximum Gasteiger partial charge on any atom is 0.0894 e. The summed E-state index contributed by atoms with van der Waals surface area (Å²) < 4.78 is 19.0. The lowest BCUT2D eigenvalue weighted by molar-refractivity contribution is -0.103. The van der Waals surface area contributed by atoms with E-state index in [1.165, 1.54) is 16.7 Å². The molecule has 0 radical (unpaired) electrons. The van der Waals surface area contributed by atoms with Gasteiger partial charge in [-0.15, -0.1) is 0 Å². The molecule has 0 aromatic heterocycles. The minimum atomic E-state index is 0.0229. The fraction of sp³-hybridized carbons (Fsp3) is 0.357. The molecule has 162 valence electrons. The summed E-state index contributed by atoms with van der Waals surface area (Å²) in [5.74, 6) is 0.748. The van der Waals surface area contributed by atoms with Crippen LogP contribution < -0.4 is 0 Å². The van der Waals surface area contributed by atoms with Crippen molar-refractivity contribution in [3.05, 3.63) is 108 Å². The van der Waals surface area contributed by atoms with Crippen molar-refractivity contribution in [2.45, 2.75) is 45.4 Å². The van der Waals surface area contributed by atoms with Crippen LogP contribution in [-0.2, 0) is 34.0 Å². The Hall–Kier alpha value is -2.46. The summed E-state index contributed by atoms with van der Waals surface area (Å²) in [7, 11) is 0. The fourth-order valence-electron chi connectivity index (χ4n) is 4.43. The van der Waals surface area contributed by atoms with Gasteiger partial charge in [-0.1, -0.05) is 97.9 Å². The predicted molar refractivity (Wildman–Crippen MR) is 123 cm³/mol. The number of rotatable bonds is 10. The molecule has 1 unspecified atom stereocenters. The Labute approximate surface area is 186 Å². The van der Waals surface area contributed by atoms with Crippen LogP contribution in [0.1, 0.15) is 30.0 Å². The van der Waals surface area contributed by atoms with E-state index in [0.29, 0.717) is 38.3 Å². The summed E-state index contributed by atoms with van der Waals surface area (Å²) in [6, 6.07) is 31.1. The van der Waals surface area contributed by atoms with Crippen LogP contribution in [0.2, 0.25) is 0 Å². The lowest BCUT2D eigenvalue weighted by Crippen LogP contribution is -2.34. The molecule has 31 heavy (non-hydrogen) atoms. The molecule has 3 nitrogen and oxygen atoms in total. The first-order chi connectivity index (χ1) is 15.3. The molecule has 1 saturated carbocycles. The summed E-state index contributed by atoms with van der Waals surface area (Å²) in [4.78, 5) is 0. The number of ether oxygens (including phenoxy) is 3. The molecule has 4 atom stereocenters. The maximum absolute atomic E-state index is 6.47.